The highest BCUT2D eigenvalue weighted by Gasteiger charge is 2.52. The van der Waals surface area contributed by atoms with Crippen LogP contribution in [-0.4, -0.2) is 64.5 Å². The van der Waals surface area contributed by atoms with Gasteiger partial charge < -0.3 is 5.32 Å². The topological polar surface area (TPSA) is 68.8 Å². The first kappa shape index (κ1) is 23.0. The first-order valence-electron chi connectivity index (χ1n) is 12.0. The summed E-state index contributed by atoms with van der Waals surface area (Å²) < 4.78 is 1.22. The second kappa shape index (κ2) is 9.44. The molecule has 3 heterocycles. The highest BCUT2D eigenvalue weighted by molar-refractivity contribution is 7.18. The van der Waals surface area contributed by atoms with Gasteiger partial charge in [-0.3, -0.25) is 14.6 Å². The van der Waals surface area contributed by atoms with Gasteiger partial charge in [0.25, 0.3) is 5.91 Å². The summed E-state index contributed by atoms with van der Waals surface area (Å²) in [7, 11) is 0. The molecule has 34 heavy (non-hydrogen) atoms. The zero-order chi connectivity index (χ0) is 23.7. The number of nitrogens with zero attached hydrogens (tertiary/aromatic N) is 4. The molecule has 2 fully saturated rings. The van der Waals surface area contributed by atoms with Crippen LogP contribution in [0.15, 0.2) is 54.6 Å². The Labute approximate surface area is 204 Å². The molecule has 7 nitrogen and oxygen atoms in total. The monoisotopic (exact) mass is 477 g/mol. The first-order valence-corrected chi connectivity index (χ1v) is 12.8. The number of benzene rings is 2. The molecule has 1 aromatic heterocycles. The molecule has 5 rings (SSSR count). The molecule has 0 saturated carbocycles. The number of nitrogens with one attached hydrogen (secondary N) is 1. The van der Waals surface area contributed by atoms with Gasteiger partial charge in [0.05, 0.1) is 22.9 Å². The van der Waals surface area contributed by atoms with Crippen LogP contribution in [0.2, 0.25) is 0 Å². The summed E-state index contributed by atoms with van der Waals surface area (Å²) in [5.74, 6) is -0.143. The smallest absolute Gasteiger partial charge is 0.319 e. The van der Waals surface area contributed by atoms with Crippen molar-refractivity contribution < 1.29 is 9.59 Å². The number of hydrogen-bond donors (Lipinski definition) is 1. The van der Waals surface area contributed by atoms with Crippen molar-refractivity contribution in [2.75, 3.05) is 32.8 Å². The maximum absolute atomic E-state index is 13.5. The van der Waals surface area contributed by atoms with Crippen LogP contribution in [0.4, 0.5) is 4.79 Å². The van der Waals surface area contributed by atoms with Gasteiger partial charge in [-0.05, 0) is 31.0 Å². The van der Waals surface area contributed by atoms with E-state index in [1.807, 2.05) is 43.3 Å². The van der Waals surface area contributed by atoms with Gasteiger partial charge in [0.15, 0.2) is 0 Å². The summed E-state index contributed by atoms with van der Waals surface area (Å²) in [6.07, 6.45) is 1.39. The molecule has 0 radical (unpaired) electrons. The molecule has 2 aromatic carbocycles. The number of urea groups is 1. The van der Waals surface area contributed by atoms with E-state index in [1.54, 1.807) is 11.3 Å². The maximum atomic E-state index is 13.5. The Hall–Kier alpha value is -2.81. The number of carbonyl (C=O) groups excluding carboxylic acids is 2. The Kier molecular flexibility index (Phi) is 6.38. The van der Waals surface area contributed by atoms with Crippen LogP contribution in [-0.2, 0) is 10.3 Å². The molecule has 2 atom stereocenters. The van der Waals surface area contributed by atoms with E-state index < -0.39 is 5.54 Å². The number of fused-ring (bicyclic) bond motifs is 1. The number of imide groups is 1. The number of piperazine rings is 1. The summed E-state index contributed by atoms with van der Waals surface area (Å²) in [6, 6.07) is 17.8. The van der Waals surface area contributed by atoms with Gasteiger partial charge >= 0.3 is 6.03 Å². The highest BCUT2D eigenvalue weighted by Crippen LogP contribution is 2.34. The minimum absolute atomic E-state index is 0.143. The van der Waals surface area contributed by atoms with Crippen molar-refractivity contribution >= 4 is 33.5 Å². The number of carbonyl (C=O) groups is 2. The van der Waals surface area contributed by atoms with Gasteiger partial charge in [-0.25, -0.2) is 14.7 Å². The second-order valence-electron chi connectivity index (χ2n) is 9.18. The van der Waals surface area contributed by atoms with E-state index in [-0.39, 0.29) is 18.0 Å². The van der Waals surface area contributed by atoms with Crippen molar-refractivity contribution in [2.45, 2.75) is 38.3 Å². The Morgan fingerprint density at radius 1 is 1.03 bits per heavy atom. The Morgan fingerprint density at radius 3 is 2.44 bits per heavy atom. The lowest BCUT2D eigenvalue weighted by Gasteiger charge is -2.38. The predicted molar refractivity (Wildman–Crippen MR) is 134 cm³/mol. The molecule has 0 spiro atoms. The molecule has 2 unspecified atom stereocenters. The minimum atomic E-state index is -0.962. The van der Waals surface area contributed by atoms with E-state index in [2.05, 4.69) is 40.2 Å². The quantitative estimate of drug-likeness (QED) is 0.517. The molecule has 2 saturated heterocycles. The fourth-order valence-corrected chi connectivity index (χ4v) is 6.13. The van der Waals surface area contributed by atoms with Crippen molar-refractivity contribution in [1.82, 2.24) is 25.0 Å². The Bertz CT molecular complexity index is 1140. The Balaban J connectivity index is 1.23. The second-order valence-corrected chi connectivity index (χ2v) is 10.2. The largest absolute Gasteiger partial charge is 0.326 e. The first-order chi connectivity index (χ1) is 16.5. The van der Waals surface area contributed by atoms with Crippen molar-refractivity contribution in [3.63, 3.8) is 0 Å². The van der Waals surface area contributed by atoms with E-state index in [0.717, 1.165) is 48.7 Å². The molecular weight excluding hydrogens is 446 g/mol. The lowest BCUT2D eigenvalue weighted by Crippen LogP contribution is -2.52. The van der Waals surface area contributed by atoms with Gasteiger partial charge in [-0.2, -0.15) is 0 Å². The van der Waals surface area contributed by atoms with E-state index >= 15 is 0 Å². The van der Waals surface area contributed by atoms with Gasteiger partial charge in [-0.1, -0.05) is 55.8 Å². The minimum Gasteiger partial charge on any atom is -0.319 e. The van der Waals surface area contributed by atoms with Gasteiger partial charge in [-0.15, -0.1) is 11.3 Å². The third-order valence-electron chi connectivity index (χ3n) is 7.03. The zero-order valence-electron chi connectivity index (χ0n) is 19.7. The van der Waals surface area contributed by atoms with Crippen LogP contribution in [0.5, 0.6) is 0 Å². The summed E-state index contributed by atoms with van der Waals surface area (Å²) in [5, 5.41) is 4.16. The molecule has 178 valence electrons. The third-order valence-corrected chi connectivity index (χ3v) is 8.24. The fourth-order valence-electron chi connectivity index (χ4n) is 5.08. The average molecular weight is 478 g/mol. The van der Waals surface area contributed by atoms with E-state index in [9.17, 15) is 9.59 Å². The van der Waals surface area contributed by atoms with Crippen molar-refractivity contribution in [3.05, 3.63) is 65.2 Å². The molecule has 2 aliphatic heterocycles. The summed E-state index contributed by atoms with van der Waals surface area (Å²) in [5.41, 5.74) is 0.948. The third kappa shape index (κ3) is 4.10. The molecular formula is C26H31N5O2S. The van der Waals surface area contributed by atoms with Gasteiger partial charge in [0.2, 0.25) is 0 Å². The number of para-hydroxylation sites is 1. The van der Waals surface area contributed by atoms with Crippen LogP contribution in [0.1, 0.15) is 43.3 Å². The molecule has 0 bridgehead atoms. The van der Waals surface area contributed by atoms with Crippen LogP contribution in [0, 0.1) is 0 Å². The fraction of sp³-hybridized carbons (Fsp3) is 0.423. The lowest BCUT2D eigenvalue weighted by atomic mass is 9.85. The molecule has 1 N–H and O–H groups in total. The Morgan fingerprint density at radius 2 is 1.74 bits per heavy atom. The number of rotatable bonds is 7. The van der Waals surface area contributed by atoms with Crippen LogP contribution in [0.3, 0.4) is 0 Å². The standard InChI is InChI=1S/C26H31N5O2S/c1-3-13-26(20-9-5-4-6-10-20)24(32)31(25(33)28-26)18-29-14-16-30(17-15-29)19(2)23-27-21-11-7-8-12-22(21)34-23/h4-12,19H,3,13-18H2,1-2H3,(H,28,33). The highest BCUT2D eigenvalue weighted by atomic mass is 32.1. The van der Waals surface area contributed by atoms with E-state index in [0.29, 0.717) is 13.1 Å². The molecule has 2 aliphatic rings. The van der Waals surface area contributed by atoms with Crippen LogP contribution < -0.4 is 5.32 Å². The SMILES string of the molecule is CCCC1(c2ccccc2)NC(=O)N(CN2CCN(C(C)c3nc4ccccc4s3)CC2)C1=O. The maximum Gasteiger partial charge on any atom is 0.326 e. The van der Waals surface area contributed by atoms with Crippen molar-refractivity contribution in [3.8, 4) is 0 Å². The molecule has 8 heteroatoms. The van der Waals surface area contributed by atoms with Crippen molar-refractivity contribution in [2.24, 2.45) is 0 Å². The zero-order valence-corrected chi connectivity index (χ0v) is 20.6. The molecule has 3 amide bonds. The summed E-state index contributed by atoms with van der Waals surface area (Å²) >= 11 is 1.76. The lowest BCUT2D eigenvalue weighted by molar-refractivity contribution is -0.133. The van der Waals surface area contributed by atoms with Gasteiger partial charge in [0, 0.05) is 26.2 Å². The summed E-state index contributed by atoms with van der Waals surface area (Å²) in [4.78, 5) is 37.3. The van der Waals surface area contributed by atoms with E-state index in [4.69, 9.17) is 4.98 Å². The number of amides is 3. The molecule has 3 aromatic rings. The van der Waals surface area contributed by atoms with Crippen LogP contribution in [0.25, 0.3) is 10.2 Å². The van der Waals surface area contributed by atoms with Gasteiger partial charge in [0.1, 0.15) is 10.5 Å². The van der Waals surface area contributed by atoms with Crippen molar-refractivity contribution in [1.29, 1.82) is 0 Å². The number of aromatic nitrogens is 1. The number of thiazole rings is 1. The predicted octanol–water partition coefficient (Wildman–Crippen LogP) is 4.18. The van der Waals surface area contributed by atoms with Crippen LogP contribution >= 0.6 is 11.3 Å². The normalized spacial score (nSPS) is 22.9. The van der Waals surface area contributed by atoms with E-state index in [1.165, 1.54) is 9.60 Å². The average Bonchev–Trinajstić information content (AvgIpc) is 3.40. The molecule has 0 aliphatic carbocycles. The summed E-state index contributed by atoms with van der Waals surface area (Å²) in [6.45, 7) is 7.94. The number of hydrogen-bond acceptors (Lipinski definition) is 6.